The molecular weight excluding hydrogens is 216 g/mol. The Labute approximate surface area is 110 Å². The van der Waals surface area contributed by atoms with Crippen LogP contribution in [0.1, 0.15) is 38.9 Å². The molecule has 0 saturated carbocycles. The Morgan fingerprint density at radius 2 is 1.39 bits per heavy atom. The molecule has 18 heavy (non-hydrogen) atoms. The number of aryl methyl sites for hydroxylation is 3. The highest BCUT2D eigenvalue weighted by Gasteiger charge is 2.24. The first-order valence-corrected chi connectivity index (χ1v) is 6.70. The molecule has 0 heteroatoms. The Hall–Kier alpha value is -1.56. The van der Waals surface area contributed by atoms with E-state index in [1.807, 2.05) is 0 Å². The van der Waals surface area contributed by atoms with E-state index in [-0.39, 0.29) is 0 Å². The van der Waals surface area contributed by atoms with Crippen LogP contribution in [0.3, 0.4) is 0 Å². The van der Waals surface area contributed by atoms with Gasteiger partial charge in [0.25, 0.3) is 0 Å². The second-order valence-electron chi connectivity index (χ2n) is 5.70. The monoisotopic (exact) mass is 236 g/mol. The van der Waals surface area contributed by atoms with Crippen LogP contribution < -0.4 is 0 Å². The van der Waals surface area contributed by atoms with Crippen molar-refractivity contribution in [1.29, 1.82) is 0 Å². The highest BCUT2D eigenvalue weighted by Crippen LogP contribution is 2.43. The van der Waals surface area contributed by atoms with E-state index in [0.717, 1.165) is 6.42 Å². The molecule has 0 radical (unpaired) electrons. The highest BCUT2D eigenvalue weighted by atomic mass is 14.3. The van der Waals surface area contributed by atoms with E-state index in [1.165, 1.54) is 44.5 Å². The Kier molecular flexibility index (Phi) is 2.38. The predicted octanol–water partition coefficient (Wildman–Crippen LogP) is 4.80. The molecule has 92 valence electrons. The Bertz CT molecular complexity index is 660. The molecule has 0 fully saturated rings. The van der Waals surface area contributed by atoms with Crippen LogP contribution >= 0.6 is 0 Å². The normalized spacial score (nSPS) is 12.5. The third-order valence-corrected chi connectivity index (χ3v) is 4.67. The Morgan fingerprint density at radius 3 is 2.11 bits per heavy atom. The molecular formula is C18H20. The van der Waals surface area contributed by atoms with Crippen LogP contribution in [0.25, 0.3) is 11.1 Å². The minimum atomic E-state index is 1.12. The number of fused-ring (bicyclic) bond motifs is 3. The van der Waals surface area contributed by atoms with Crippen LogP contribution in [-0.4, -0.2) is 0 Å². The third-order valence-electron chi connectivity index (χ3n) is 4.67. The minimum absolute atomic E-state index is 1.12. The van der Waals surface area contributed by atoms with Gasteiger partial charge in [-0.05, 0) is 91.1 Å². The van der Waals surface area contributed by atoms with E-state index in [1.54, 1.807) is 5.56 Å². The average Bonchev–Trinajstić information content (AvgIpc) is 2.72. The first-order chi connectivity index (χ1) is 8.50. The van der Waals surface area contributed by atoms with Crippen molar-refractivity contribution in [3.05, 3.63) is 57.1 Å². The smallest absolute Gasteiger partial charge is 0.000799 e. The molecule has 0 atom stereocenters. The molecule has 2 aromatic rings. The van der Waals surface area contributed by atoms with Gasteiger partial charge in [-0.3, -0.25) is 0 Å². The number of hydrogen-bond donors (Lipinski definition) is 0. The SMILES string of the molecule is Cc1cc2c(c(C)c1C)Cc1c(C)ccc(C)c1-2. The van der Waals surface area contributed by atoms with Gasteiger partial charge in [0, 0.05) is 0 Å². The van der Waals surface area contributed by atoms with Crippen molar-refractivity contribution in [2.24, 2.45) is 0 Å². The lowest BCUT2D eigenvalue weighted by Crippen LogP contribution is -1.93. The van der Waals surface area contributed by atoms with Crippen molar-refractivity contribution >= 4 is 0 Å². The number of hydrogen-bond acceptors (Lipinski definition) is 0. The maximum Gasteiger partial charge on any atom is -0.000799 e. The van der Waals surface area contributed by atoms with E-state index >= 15 is 0 Å². The van der Waals surface area contributed by atoms with E-state index in [0.29, 0.717) is 0 Å². The second kappa shape index (κ2) is 3.71. The van der Waals surface area contributed by atoms with E-state index < -0.39 is 0 Å². The maximum atomic E-state index is 2.38. The molecule has 2 aromatic carbocycles. The summed E-state index contributed by atoms with van der Waals surface area (Å²) >= 11 is 0. The standard InChI is InChI=1S/C18H20/c1-10-6-7-11(2)18-15(10)9-16-14(5)13(4)12(3)8-17(16)18/h6-8H,9H2,1-5H3. The summed E-state index contributed by atoms with van der Waals surface area (Å²) in [5.41, 5.74) is 13.3. The van der Waals surface area contributed by atoms with Crippen LogP contribution in [-0.2, 0) is 6.42 Å². The quantitative estimate of drug-likeness (QED) is 0.526. The summed E-state index contributed by atoms with van der Waals surface area (Å²) in [6, 6.07) is 6.90. The molecule has 0 aromatic heterocycles. The molecule has 0 unspecified atom stereocenters. The van der Waals surface area contributed by atoms with Gasteiger partial charge in [0.1, 0.15) is 0 Å². The lowest BCUT2D eigenvalue weighted by atomic mass is 9.93. The van der Waals surface area contributed by atoms with E-state index in [2.05, 4.69) is 52.8 Å². The molecule has 0 spiro atoms. The maximum absolute atomic E-state index is 2.38. The van der Waals surface area contributed by atoms with Crippen LogP contribution in [0.4, 0.5) is 0 Å². The molecule has 0 nitrogen and oxygen atoms in total. The van der Waals surface area contributed by atoms with E-state index in [4.69, 9.17) is 0 Å². The third kappa shape index (κ3) is 1.38. The fourth-order valence-corrected chi connectivity index (χ4v) is 3.24. The molecule has 0 saturated heterocycles. The van der Waals surface area contributed by atoms with Crippen LogP contribution in [0.2, 0.25) is 0 Å². The van der Waals surface area contributed by atoms with Crippen molar-refractivity contribution in [2.75, 3.05) is 0 Å². The summed E-state index contributed by atoms with van der Waals surface area (Å²) in [5.74, 6) is 0. The molecule has 1 aliphatic carbocycles. The average molecular weight is 236 g/mol. The van der Waals surface area contributed by atoms with Crippen molar-refractivity contribution in [3.63, 3.8) is 0 Å². The fraction of sp³-hybridized carbons (Fsp3) is 0.333. The molecule has 0 aliphatic heterocycles. The molecule has 1 aliphatic rings. The molecule has 0 amide bonds. The molecule has 0 heterocycles. The van der Waals surface area contributed by atoms with Gasteiger partial charge in [0.2, 0.25) is 0 Å². The highest BCUT2D eigenvalue weighted by molar-refractivity contribution is 5.82. The topological polar surface area (TPSA) is 0 Å². The van der Waals surface area contributed by atoms with E-state index in [9.17, 15) is 0 Å². The van der Waals surface area contributed by atoms with Crippen molar-refractivity contribution in [2.45, 2.75) is 41.0 Å². The lowest BCUT2D eigenvalue weighted by Gasteiger charge is -2.12. The summed E-state index contributed by atoms with van der Waals surface area (Å²) in [5, 5.41) is 0. The number of rotatable bonds is 0. The first kappa shape index (κ1) is 11.5. The molecule has 0 bridgehead atoms. The summed E-state index contributed by atoms with van der Waals surface area (Å²) in [6.45, 7) is 11.2. The van der Waals surface area contributed by atoms with Crippen LogP contribution in [0, 0.1) is 34.6 Å². The zero-order chi connectivity index (χ0) is 13.0. The fourth-order valence-electron chi connectivity index (χ4n) is 3.24. The van der Waals surface area contributed by atoms with Gasteiger partial charge in [-0.15, -0.1) is 0 Å². The minimum Gasteiger partial charge on any atom is -0.0587 e. The molecule has 0 N–H and O–H groups in total. The summed E-state index contributed by atoms with van der Waals surface area (Å²) in [4.78, 5) is 0. The summed E-state index contributed by atoms with van der Waals surface area (Å²) < 4.78 is 0. The van der Waals surface area contributed by atoms with Crippen molar-refractivity contribution < 1.29 is 0 Å². The van der Waals surface area contributed by atoms with Crippen LogP contribution in [0.5, 0.6) is 0 Å². The van der Waals surface area contributed by atoms with Gasteiger partial charge in [-0.1, -0.05) is 18.2 Å². The molecule has 3 rings (SSSR count). The lowest BCUT2D eigenvalue weighted by molar-refractivity contribution is 1.15. The summed E-state index contributed by atoms with van der Waals surface area (Å²) in [7, 11) is 0. The van der Waals surface area contributed by atoms with Gasteiger partial charge in [-0.25, -0.2) is 0 Å². The second-order valence-corrected chi connectivity index (χ2v) is 5.70. The summed E-state index contributed by atoms with van der Waals surface area (Å²) in [6.07, 6.45) is 1.12. The number of benzene rings is 2. The van der Waals surface area contributed by atoms with Gasteiger partial charge < -0.3 is 0 Å². The largest absolute Gasteiger partial charge is 0.0587 e. The van der Waals surface area contributed by atoms with Gasteiger partial charge >= 0.3 is 0 Å². The van der Waals surface area contributed by atoms with Crippen molar-refractivity contribution in [1.82, 2.24) is 0 Å². The first-order valence-electron chi connectivity index (χ1n) is 6.70. The zero-order valence-electron chi connectivity index (χ0n) is 11.9. The van der Waals surface area contributed by atoms with Crippen LogP contribution in [0.15, 0.2) is 18.2 Å². The van der Waals surface area contributed by atoms with Gasteiger partial charge in [0.05, 0.1) is 0 Å². The van der Waals surface area contributed by atoms with Gasteiger partial charge in [0.15, 0.2) is 0 Å². The zero-order valence-corrected chi connectivity index (χ0v) is 11.9. The Morgan fingerprint density at radius 1 is 0.722 bits per heavy atom. The predicted molar refractivity (Wildman–Crippen MR) is 78.4 cm³/mol. The van der Waals surface area contributed by atoms with Crippen molar-refractivity contribution in [3.8, 4) is 11.1 Å². The Balaban J connectivity index is 2.39. The van der Waals surface area contributed by atoms with Gasteiger partial charge in [-0.2, -0.15) is 0 Å².